The van der Waals surface area contributed by atoms with Crippen LogP contribution in [0.1, 0.15) is 12.0 Å². The number of hydrogen-bond acceptors (Lipinski definition) is 1. The maximum Gasteiger partial charge on any atom is 0.222 e. The summed E-state index contributed by atoms with van der Waals surface area (Å²) in [5.41, 5.74) is 0.999. The number of nitrogens with zero attached hydrogens (tertiary/aromatic N) is 1. The molecule has 1 aliphatic rings. The number of rotatable bonds is 4. The summed E-state index contributed by atoms with van der Waals surface area (Å²) in [6.07, 6.45) is 1.40. The number of hydrogen-bond donors (Lipinski definition) is 0. The number of halogens is 3. The van der Waals surface area contributed by atoms with Gasteiger partial charge in [-0.1, -0.05) is 51.3 Å². The van der Waals surface area contributed by atoms with E-state index in [1.807, 2.05) is 17.0 Å². The lowest BCUT2D eigenvalue weighted by Gasteiger charge is -2.16. The number of likely N-dealkylation sites (tertiary alicyclic amines) is 1. The van der Waals surface area contributed by atoms with Gasteiger partial charge in [-0.25, -0.2) is 0 Å². The minimum Gasteiger partial charge on any atom is -0.342 e. The highest BCUT2D eigenvalue weighted by Crippen LogP contribution is 2.27. The van der Waals surface area contributed by atoms with Crippen LogP contribution >= 0.6 is 39.1 Å². The summed E-state index contributed by atoms with van der Waals surface area (Å²) in [6.45, 7) is 1.55. The summed E-state index contributed by atoms with van der Waals surface area (Å²) in [5.74, 6) is 0.671. The third kappa shape index (κ3) is 3.19. The molecule has 1 aromatic rings. The molecule has 1 atom stereocenters. The molecule has 2 rings (SSSR count). The Hall–Kier alpha value is -0.250. The van der Waals surface area contributed by atoms with Gasteiger partial charge in [-0.3, -0.25) is 4.79 Å². The third-order valence-electron chi connectivity index (χ3n) is 3.20. The van der Waals surface area contributed by atoms with Crippen LogP contribution in [-0.2, 0) is 11.2 Å². The van der Waals surface area contributed by atoms with Crippen molar-refractivity contribution in [1.29, 1.82) is 0 Å². The number of carbonyl (C=O) groups is 1. The van der Waals surface area contributed by atoms with Crippen molar-refractivity contribution in [3.8, 4) is 0 Å². The van der Waals surface area contributed by atoms with E-state index in [2.05, 4.69) is 15.9 Å². The normalized spacial score (nSPS) is 19.6. The Morgan fingerprint density at radius 2 is 2.17 bits per heavy atom. The molecule has 2 nitrogen and oxygen atoms in total. The standard InChI is InChI=1S/C13H14BrCl2NO/c14-7-9-6-12(18)17(8-9)5-4-10-2-1-3-11(15)13(10)16/h1-3,9H,4-8H2. The summed E-state index contributed by atoms with van der Waals surface area (Å²) in [7, 11) is 0. The Kier molecular flexibility index (Phi) is 4.93. The van der Waals surface area contributed by atoms with Crippen LogP contribution in [-0.4, -0.2) is 29.2 Å². The zero-order valence-electron chi connectivity index (χ0n) is 9.83. The van der Waals surface area contributed by atoms with E-state index in [1.165, 1.54) is 0 Å². The minimum absolute atomic E-state index is 0.234. The molecule has 0 saturated carbocycles. The molecular formula is C13H14BrCl2NO. The van der Waals surface area contributed by atoms with E-state index in [1.54, 1.807) is 6.07 Å². The maximum absolute atomic E-state index is 11.8. The first-order chi connectivity index (χ1) is 8.61. The highest BCUT2D eigenvalue weighted by molar-refractivity contribution is 9.09. The summed E-state index contributed by atoms with van der Waals surface area (Å²) >= 11 is 15.5. The molecule has 0 bridgehead atoms. The van der Waals surface area contributed by atoms with Crippen molar-refractivity contribution in [1.82, 2.24) is 4.90 Å². The Morgan fingerprint density at radius 3 is 2.83 bits per heavy atom. The van der Waals surface area contributed by atoms with Crippen molar-refractivity contribution in [2.24, 2.45) is 5.92 Å². The van der Waals surface area contributed by atoms with Crippen LogP contribution in [0.4, 0.5) is 0 Å². The van der Waals surface area contributed by atoms with Crippen LogP contribution < -0.4 is 0 Å². The average Bonchev–Trinajstić information content (AvgIpc) is 2.72. The van der Waals surface area contributed by atoms with E-state index in [0.717, 1.165) is 23.9 Å². The van der Waals surface area contributed by atoms with Gasteiger partial charge in [-0.15, -0.1) is 0 Å². The van der Waals surface area contributed by atoms with Gasteiger partial charge in [0, 0.05) is 24.8 Å². The third-order valence-corrected chi connectivity index (χ3v) is 4.97. The molecule has 98 valence electrons. The number of alkyl halides is 1. The fraction of sp³-hybridized carbons (Fsp3) is 0.462. The molecule has 1 saturated heterocycles. The molecule has 0 N–H and O–H groups in total. The van der Waals surface area contributed by atoms with Crippen molar-refractivity contribution >= 4 is 45.0 Å². The molecule has 18 heavy (non-hydrogen) atoms. The lowest BCUT2D eigenvalue weighted by atomic mass is 10.1. The van der Waals surface area contributed by atoms with E-state index >= 15 is 0 Å². The van der Waals surface area contributed by atoms with Crippen LogP contribution in [0.3, 0.4) is 0 Å². The van der Waals surface area contributed by atoms with E-state index in [4.69, 9.17) is 23.2 Å². The van der Waals surface area contributed by atoms with Crippen molar-refractivity contribution < 1.29 is 4.79 Å². The van der Waals surface area contributed by atoms with Gasteiger partial charge >= 0.3 is 0 Å². The van der Waals surface area contributed by atoms with Gasteiger partial charge in [0.1, 0.15) is 0 Å². The van der Waals surface area contributed by atoms with Gasteiger partial charge in [0.2, 0.25) is 5.91 Å². The van der Waals surface area contributed by atoms with Crippen LogP contribution in [0, 0.1) is 5.92 Å². The van der Waals surface area contributed by atoms with E-state index in [-0.39, 0.29) is 5.91 Å². The molecule has 0 aliphatic carbocycles. The second kappa shape index (κ2) is 6.27. The number of benzene rings is 1. The molecule has 1 heterocycles. The van der Waals surface area contributed by atoms with E-state index in [0.29, 0.717) is 28.9 Å². The fourth-order valence-corrected chi connectivity index (χ4v) is 3.02. The number of carbonyl (C=O) groups excluding carboxylic acids is 1. The number of amides is 1. The highest BCUT2D eigenvalue weighted by Gasteiger charge is 2.28. The second-order valence-electron chi connectivity index (χ2n) is 4.53. The lowest BCUT2D eigenvalue weighted by Crippen LogP contribution is -2.27. The van der Waals surface area contributed by atoms with E-state index < -0.39 is 0 Å². The molecule has 0 spiro atoms. The smallest absolute Gasteiger partial charge is 0.222 e. The summed E-state index contributed by atoms with van der Waals surface area (Å²) in [5, 5.41) is 2.05. The second-order valence-corrected chi connectivity index (χ2v) is 5.96. The zero-order chi connectivity index (χ0) is 13.1. The Labute approximate surface area is 125 Å². The molecule has 0 radical (unpaired) electrons. The van der Waals surface area contributed by atoms with Crippen molar-refractivity contribution in [2.75, 3.05) is 18.4 Å². The van der Waals surface area contributed by atoms with E-state index in [9.17, 15) is 4.79 Å². The first-order valence-corrected chi connectivity index (χ1v) is 7.76. The molecule has 1 aliphatic heterocycles. The van der Waals surface area contributed by atoms with Crippen LogP contribution in [0.2, 0.25) is 10.0 Å². The minimum atomic E-state index is 0.234. The molecule has 0 aromatic heterocycles. The summed E-state index contributed by atoms with van der Waals surface area (Å²) < 4.78 is 0. The Morgan fingerprint density at radius 1 is 1.39 bits per heavy atom. The lowest BCUT2D eigenvalue weighted by molar-refractivity contribution is -0.127. The van der Waals surface area contributed by atoms with Gasteiger partial charge < -0.3 is 4.90 Å². The fourth-order valence-electron chi connectivity index (χ4n) is 2.17. The predicted molar refractivity (Wildman–Crippen MR) is 78.6 cm³/mol. The largest absolute Gasteiger partial charge is 0.342 e. The van der Waals surface area contributed by atoms with Gasteiger partial charge in [0.05, 0.1) is 10.0 Å². The van der Waals surface area contributed by atoms with Crippen LogP contribution in [0.25, 0.3) is 0 Å². The van der Waals surface area contributed by atoms with Crippen molar-refractivity contribution in [3.63, 3.8) is 0 Å². The van der Waals surface area contributed by atoms with Crippen molar-refractivity contribution in [3.05, 3.63) is 33.8 Å². The zero-order valence-corrected chi connectivity index (χ0v) is 12.9. The van der Waals surface area contributed by atoms with Crippen LogP contribution in [0.15, 0.2) is 18.2 Å². The Balaban J connectivity index is 1.96. The van der Waals surface area contributed by atoms with Gasteiger partial charge in [-0.2, -0.15) is 0 Å². The van der Waals surface area contributed by atoms with Gasteiger partial charge in [0.25, 0.3) is 0 Å². The maximum atomic E-state index is 11.8. The summed E-state index contributed by atoms with van der Waals surface area (Å²) in [4.78, 5) is 13.7. The summed E-state index contributed by atoms with van der Waals surface area (Å²) in [6, 6.07) is 5.61. The molecule has 5 heteroatoms. The first-order valence-electron chi connectivity index (χ1n) is 5.88. The highest BCUT2D eigenvalue weighted by atomic mass is 79.9. The molecular weight excluding hydrogens is 337 g/mol. The molecule has 1 fully saturated rings. The SMILES string of the molecule is O=C1CC(CBr)CN1CCc1cccc(Cl)c1Cl. The predicted octanol–water partition coefficient (Wildman–Crippen LogP) is 3.78. The van der Waals surface area contributed by atoms with Gasteiger partial charge in [0.15, 0.2) is 0 Å². The molecule has 1 amide bonds. The Bertz CT molecular complexity index is 453. The first kappa shape index (κ1) is 14.2. The van der Waals surface area contributed by atoms with Gasteiger partial charge in [-0.05, 0) is 24.0 Å². The topological polar surface area (TPSA) is 20.3 Å². The average molecular weight is 351 g/mol. The quantitative estimate of drug-likeness (QED) is 0.757. The molecule has 1 unspecified atom stereocenters. The molecule has 1 aromatic carbocycles. The monoisotopic (exact) mass is 349 g/mol. The van der Waals surface area contributed by atoms with Crippen molar-refractivity contribution in [2.45, 2.75) is 12.8 Å². The van der Waals surface area contributed by atoms with Crippen LogP contribution in [0.5, 0.6) is 0 Å².